The molecule has 3 aromatic rings. The van der Waals surface area contributed by atoms with Crippen molar-refractivity contribution < 1.29 is 4.79 Å². The van der Waals surface area contributed by atoms with Crippen LogP contribution in [0.2, 0.25) is 0 Å². The highest BCUT2D eigenvalue weighted by Crippen LogP contribution is 2.17. The summed E-state index contributed by atoms with van der Waals surface area (Å²) >= 11 is 0. The molecular formula is C18H22N6O. The lowest BCUT2D eigenvalue weighted by Crippen LogP contribution is -2.29. The van der Waals surface area contributed by atoms with E-state index < -0.39 is 0 Å². The summed E-state index contributed by atoms with van der Waals surface area (Å²) in [5.74, 6) is 1.49. The molecule has 130 valence electrons. The van der Waals surface area contributed by atoms with Crippen LogP contribution in [-0.4, -0.2) is 43.9 Å². The van der Waals surface area contributed by atoms with Gasteiger partial charge in [-0.15, -0.1) is 0 Å². The highest BCUT2D eigenvalue weighted by molar-refractivity contribution is 5.77. The molecule has 0 radical (unpaired) electrons. The van der Waals surface area contributed by atoms with E-state index in [0.29, 0.717) is 25.5 Å². The first-order chi connectivity index (χ1) is 12.2. The third-order valence-electron chi connectivity index (χ3n) is 4.04. The molecule has 2 aromatic heterocycles. The molecule has 1 aromatic carbocycles. The van der Waals surface area contributed by atoms with Crippen LogP contribution in [0.25, 0.3) is 11.0 Å². The molecule has 7 heteroatoms. The molecule has 1 amide bonds. The second kappa shape index (κ2) is 7.74. The predicted molar refractivity (Wildman–Crippen MR) is 97.0 cm³/mol. The normalized spacial score (nSPS) is 10.8. The lowest BCUT2D eigenvalue weighted by Gasteiger charge is -2.17. The lowest BCUT2D eigenvalue weighted by molar-refractivity contribution is -0.130. The average molecular weight is 338 g/mol. The molecule has 0 saturated heterocycles. The number of nitrogens with one attached hydrogen (secondary N) is 1. The van der Waals surface area contributed by atoms with Crippen LogP contribution in [0.5, 0.6) is 0 Å². The highest BCUT2D eigenvalue weighted by Gasteiger charge is 2.14. The molecule has 25 heavy (non-hydrogen) atoms. The van der Waals surface area contributed by atoms with Gasteiger partial charge in [0.15, 0.2) is 0 Å². The van der Waals surface area contributed by atoms with Crippen molar-refractivity contribution in [2.45, 2.75) is 26.4 Å². The SMILES string of the molecule is CCn1c(CN(C)C(=O)CCNc2ncccn2)nc2ccccc21. The molecule has 2 heterocycles. The first-order valence-electron chi connectivity index (χ1n) is 8.38. The fraction of sp³-hybridized carbons (Fsp3) is 0.333. The number of nitrogens with zero attached hydrogens (tertiary/aromatic N) is 5. The van der Waals surface area contributed by atoms with E-state index in [4.69, 9.17) is 0 Å². The van der Waals surface area contributed by atoms with Gasteiger partial charge in [0.25, 0.3) is 0 Å². The van der Waals surface area contributed by atoms with Crippen molar-refractivity contribution in [3.05, 3.63) is 48.5 Å². The monoisotopic (exact) mass is 338 g/mol. The van der Waals surface area contributed by atoms with Crippen LogP contribution in [-0.2, 0) is 17.9 Å². The number of amides is 1. The Balaban J connectivity index is 1.60. The number of aryl methyl sites for hydroxylation is 1. The van der Waals surface area contributed by atoms with E-state index >= 15 is 0 Å². The van der Waals surface area contributed by atoms with Crippen molar-refractivity contribution in [2.75, 3.05) is 18.9 Å². The average Bonchev–Trinajstić information content (AvgIpc) is 2.99. The van der Waals surface area contributed by atoms with E-state index in [9.17, 15) is 4.79 Å². The molecule has 0 spiro atoms. The molecule has 7 nitrogen and oxygen atoms in total. The second-order valence-electron chi connectivity index (χ2n) is 5.76. The molecule has 0 aliphatic rings. The van der Waals surface area contributed by atoms with Crippen LogP contribution in [0.15, 0.2) is 42.7 Å². The summed E-state index contributed by atoms with van der Waals surface area (Å²) < 4.78 is 2.15. The number of hydrogen-bond donors (Lipinski definition) is 1. The number of benzene rings is 1. The maximum Gasteiger partial charge on any atom is 0.224 e. The van der Waals surface area contributed by atoms with E-state index in [1.54, 1.807) is 30.4 Å². The van der Waals surface area contributed by atoms with Crippen molar-refractivity contribution in [3.8, 4) is 0 Å². The third-order valence-corrected chi connectivity index (χ3v) is 4.04. The van der Waals surface area contributed by atoms with Gasteiger partial charge in [-0.05, 0) is 25.1 Å². The highest BCUT2D eigenvalue weighted by atomic mass is 16.2. The minimum atomic E-state index is 0.0538. The molecule has 1 N–H and O–H groups in total. The number of imidazole rings is 1. The molecule has 0 fully saturated rings. The van der Waals surface area contributed by atoms with Crippen molar-refractivity contribution >= 4 is 22.9 Å². The smallest absolute Gasteiger partial charge is 0.224 e. The van der Waals surface area contributed by atoms with E-state index in [1.807, 2.05) is 18.2 Å². The zero-order chi connectivity index (χ0) is 17.6. The first-order valence-corrected chi connectivity index (χ1v) is 8.38. The molecule has 3 rings (SSSR count). The number of rotatable bonds is 7. The summed E-state index contributed by atoms with van der Waals surface area (Å²) in [6.07, 6.45) is 3.71. The summed E-state index contributed by atoms with van der Waals surface area (Å²) in [5, 5.41) is 3.05. The minimum absolute atomic E-state index is 0.0538. The summed E-state index contributed by atoms with van der Waals surface area (Å²) in [6, 6.07) is 9.79. The standard InChI is InChI=1S/C18H22N6O/c1-3-24-15-8-5-4-7-14(15)22-16(24)13-23(2)17(25)9-12-21-18-19-10-6-11-20-18/h4-8,10-11H,3,9,12-13H2,1-2H3,(H,19,20,21). The van der Waals surface area contributed by atoms with E-state index in [-0.39, 0.29) is 5.91 Å². The summed E-state index contributed by atoms with van der Waals surface area (Å²) in [6.45, 7) is 3.90. The van der Waals surface area contributed by atoms with Crippen LogP contribution in [0.1, 0.15) is 19.2 Å². The zero-order valence-electron chi connectivity index (χ0n) is 14.5. The van der Waals surface area contributed by atoms with E-state index in [1.165, 1.54) is 0 Å². The number of aromatic nitrogens is 4. The minimum Gasteiger partial charge on any atom is -0.354 e. The zero-order valence-corrected chi connectivity index (χ0v) is 14.5. The molecule has 0 unspecified atom stereocenters. The Morgan fingerprint density at radius 1 is 1.20 bits per heavy atom. The molecular weight excluding hydrogens is 316 g/mol. The molecule has 0 atom stereocenters. The third kappa shape index (κ3) is 3.93. The summed E-state index contributed by atoms with van der Waals surface area (Å²) in [5.41, 5.74) is 2.06. The number of para-hydroxylation sites is 2. The maximum absolute atomic E-state index is 12.4. The molecule has 0 bridgehead atoms. The van der Waals surface area contributed by atoms with Gasteiger partial charge in [0, 0.05) is 39.0 Å². The largest absolute Gasteiger partial charge is 0.354 e. The summed E-state index contributed by atoms with van der Waals surface area (Å²) in [7, 11) is 1.81. The van der Waals surface area contributed by atoms with E-state index in [2.05, 4.69) is 37.8 Å². The van der Waals surface area contributed by atoms with Crippen molar-refractivity contribution in [3.63, 3.8) is 0 Å². The quantitative estimate of drug-likeness (QED) is 0.715. The van der Waals surface area contributed by atoms with Gasteiger partial charge in [0.1, 0.15) is 5.82 Å². The van der Waals surface area contributed by atoms with E-state index in [0.717, 1.165) is 23.4 Å². The predicted octanol–water partition coefficient (Wildman–Crippen LogP) is 2.31. The topological polar surface area (TPSA) is 75.9 Å². The Bertz CT molecular complexity index is 845. The van der Waals surface area contributed by atoms with Crippen molar-refractivity contribution in [1.82, 2.24) is 24.4 Å². The fourth-order valence-corrected chi connectivity index (χ4v) is 2.76. The van der Waals surface area contributed by atoms with Crippen molar-refractivity contribution in [1.29, 1.82) is 0 Å². The summed E-state index contributed by atoms with van der Waals surface area (Å²) in [4.78, 5) is 26.9. The van der Waals surface area contributed by atoms with Crippen LogP contribution in [0.3, 0.4) is 0 Å². The lowest BCUT2D eigenvalue weighted by atomic mass is 10.3. The van der Waals surface area contributed by atoms with Gasteiger partial charge in [0.2, 0.25) is 11.9 Å². The Labute approximate surface area is 146 Å². The number of carbonyl (C=O) groups excluding carboxylic acids is 1. The van der Waals surface area contributed by atoms with Crippen molar-refractivity contribution in [2.24, 2.45) is 0 Å². The maximum atomic E-state index is 12.4. The molecule has 0 aliphatic carbocycles. The van der Waals surface area contributed by atoms with Crippen LogP contribution in [0, 0.1) is 0 Å². The molecule has 0 aliphatic heterocycles. The molecule has 0 saturated carbocycles. The number of fused-ring (bicyclic) bond motifs is 1. The van der Waals surface area contributed by atoms with Gasteiger partial charge in [-0.25, -0.2) is 15.0 Å². The van der Waals surface area contributed by atoms with Gasteiger partial charge < -0.3 is 14.8 Å². The fourth-order valence-electron chi connectivity index (χ4n) is 2.76. The Morgan fingerprint density at radius 3 is 2.72 bits per heavy atom. The van der Waals surface area contributed by atoms with Crippen LogP contribution >= 0.6 is 0 Å². The van der Waals surface area contributed by atoms with Crippen LogP contribution in [0.4, 0.5) is 5.95 Å². The van der Waals surface area contributed by atoms with Gasteiger partial charge in [0.05, 0.1) is 17.6 Å². The van der Waals surface area contributed by atoms with Gasteiger partial charge in [-0.1, -0.05) is 12.1 Å². The number of carbonyl (C=O) groups is 1. The Kier molecular flexibility index (Phi) is 5.23. The number of anilines is 1. The van der Waals surface area contributed by atoms with Gasteiger partial charge >= 0.3 is 0 Å². The van der Waals surface area contributed by atoms with Gasteiger partial charge in [-0.3, -0.25) is 4.79 Å². The Morgan fingerprint density at radius 2 is 1.96 bits per heavy atom. The van der Waals surface area contributed by atoms with Crippen LogP contribution < -0.4 is 5.32 Å². The second-order valence-corrected chi connectivity index (χ2v) is 5.76. The number of hydrogen-bond acceptors (Lipinski definition) is 5. The van der Waals surface area contributed by atoms with Gasteiger partial charge in [-0.2, -0.15) is 0 Å². The first kappa shape index (κ1) is 16.9. The Hall–Kier alpha value is -2.96.